The number of ether oxygens (including phenoxy) is 1. The molecule has 28 heavy (non-hydrogen) atoms. The number of fused-ring (bicyclic) bond motifs is 1. The predicted molar refractivity (Wildman–Crippen MR) is 111 cm³/mol. The molecule has 0 aromatic heterocycles. The highest BCUT2D eigenvalue weighted by Crippen LogP contribution is 2.35. The monoisotopic (exact) mass is 402 g/mol. The first-order valence-corrected chi connectivity index (χ1v) is 8.87. The third-order valence-electron chi connectivity index (χ3n) is 4.63. The molecule has 0 saturated carbocycles. The van der Waals surface area contributed by atoms with Crippen LogP contribution in [0.2, 0.25) is 0 Å². The van der Waals surface area contributed by atoms with Crippen molar-refractivity contribution < 1.29 is 19.5 Å². The van der Waals surface area contributed by atoms with Gasteiger partial charge in [0, 0.05) is 16.5 Å². The molecule has 0 unspecified atom stereocenters. The number of carbonyl (C=O) groups excluding carboxylic acids is 2. The van der Waals surface area contributed by atoms with Crippen LogP contribution in [0.4, 0.5) is 0 Å². The van der Waals surface area contributed by atoms with E-state index in [1.807, 2.05) is 56.0 Å². The highest BCUT2D eigenvalue weighted by Gasteiger charge is 2.35. The number of hydroxylamine groups is 1. The van der Waals surface area contributed by atoms with Crippen molar-refractivity contribution in [3.63, 3.8) is 0 Å². The lowest BCUT2D eigenvalue weighted by molar-refractivity contribution is -0.143. The Morgan fingerprint density at radius 3 is 2.43 bits per heavy atom. The van der Waals surface area contributed by atoms with Gasteiger partial charge in [-0.2, -0.15) is 13.5 Å². The summed E-state index contributed by atoms with van der Waals surface area (Å²) in [5, 5.41) is 8.85. The number of benzene rings is 2. The van der Waals surface area contributed by atoms with E-state index in [1.54, 1.807) is 23.7 Å². The number of nitrogens with zero attached hydrogens (tertiary/aromatic N) is 1. The predicted octanol–water partition coefficient (Wildman–Crippen LogP) is 3.43. The molecular formula is C21H26N2O4S. The van der Waals surface area contributed by atoms with Crippen molar-refractivity contribution in [3.05, 3.63) is 65.2 Å². The molecule has 1 aliphatic heterocycles. The zero-order valence-electron chi connectivity index (χ0n) is 16.2. The van der Waals surface area contributed by atoms with Crippen molar-refractivity contribution in [2.75, 3.05) is 6.61 Å². The Labute approximate surface area is 171 Å². The molecule has 2 aromatic carbocycles. The van der Waals surface area contributed by atoms with Crippen LogP contribution in [-0.2, 0) is 11.3 Å². The van der Waals surface area contributed by atoms with Gasteiger partial charge in [0.15, 0.2) is 0 Å². The van der Waals surface area contributed by atoms with Gasteiger partial charge in [0.25, 0.3) is 5.91 Å². The Hall–Kier alpha value is -2.51. The maximum atomic E-state index is 13.2. The maximum absolute atomic E-state index is 13.2. The van der Waals surface area contributed by atoms with Gasteiger partial charge >= 0.3 is 0 Å². The smallest absolute Gasteiger partial charge is 0.274 e. The molecule has 0 aliphatic carbocycles. The number of carbonyl (C=O) groups is 2. The van der Waals surface area contributed by atoms with Crippen LogP contribution >= 0.6 is 13.5 Å². The Morgan fingerprint density at radius 2 is 1.82 bits per heavy atom. The first-order chi connectivity index (χ1) is 12.8. The summed E-state index contributed by atoms with van der Waals surface area (Å²) < 4.78 is 5.99. The van der Waals surface area contributed by atoms with Crippen LogP contribution in [0.1, 0.15) is 48.3 Å². The third-order valence-corrected chi connectivity index (χ3v) is 4.63. The summed E-state index contributed by atoms with van der Waals surface area (Å²) in [5.74, 6) is -0.0286. The van der Waals surface area contributed by atoms with Crippen LogP contribution in [-0.4, -0.2) is 28.5 Å². The average molecular weight is 403 g/mol. The largest absolute Gasteiger partial charge is 0.491 e. The Balaban J connectivity index is 0.00000280. The van der Waals surface area contributed by atoms with Crippen LogP contribution in [0.15, 0.2) is 48.5 Å². The summed E-state index contributed by atoms with van der Waals surface area (Å²) in [5.41, 5.74) is 3.20. The second-order valence-corrected chi connectivity index (χ2v) is 7.68. The minimum atomic E-state index is -0.604. The Morgan fingerprint density at radius 1 is 1.14 bits per heavy atom. The van der Waals surface area contributed by atoms with Gasteiger partial charge in [-0.25, -0.2) is 5.48 Å². The van der Waals surface area contributed by atoms with E-state index >= 15 is 0 Å². The molecule has 2 aromatic rings. The van der Waals surface area contributed by atoms with Crippen molar-refractivity contribution in [3.8, 4) is 5.75 Å². The number of hydrogen-bond donors (Lipinski definition) is 2. The van der Waals surface area contributed by atoms with Crippen molar-refractivity contribution in [1.29, 1.82) is 0 Å². The molecule has 1 aliphatic rings. The van der Waals surface area contributed by atoms with Crippen molar-refractivity contribution in [1.82, 2.24) is 10.4 Å². The normalized spacial score (nSPS) is 16.1. The number of nitrogens with one attached hydrogen (secondary N) is 1. The summed E-state index contributed by atoms with van der Waals surface area (Å²) >= 11 is 0. The topological polar surface area (TPSA) is 78.9 Å². The minimum absolute atomic E-state index is 0. The van der Waals surface area contributed by atoms with Crippen LogP contribution in [0.25, 0.3) is 0 Å². The van der Waals surface area contributed by atoms with E-state index in [0.717, 1.165) is 11.1 Å². The molecule has 1 atom stereocenters. The quantitative estimate of drug-likeness (QED) is 0.596. The molecule has 1 heterocycles. The van der Waals surface area contributed by atoms with Gasteiger partial charge in [-0.1, -0.05) is 57.2 Å². The summed E-state index contributed by atoms with van der Waals surface area (Å²) in [6.45, 7) is 6.37. The van der Waals surface area contributed by atoms with E-state index in [0.29, 0.717) is 17.9 Å². The SMILES string of the molecule is CC(C)(C)C(=O)N1Cc2ccc(C(=O)NO)cc2OC[C@@H]1c1ccccc1.S. The first kappa shape index (κ1) is 21.8. The van der Waals surface area contributed by atoms with Gasteiger partial charge < -0.3 is 9.64 Å². The fourth-order valence-electron chi connectivity index (χ4n) is 3.17. The fourth-order valence-corrected chi connectivity index (χ4v) is 3.17. The Bertz CT molecular complexity index is 849. The highest BCUT2D eigenvalue weighted by atomic mass is 32.1. The molecule has 0 radical (unpaired) electrons. The summed E-state index contributed by atoms with van der Waals surface area (Å²) in [6, 6.07) is 14.5. The molecule has 0 bridgehead atoms. The first-order valence-electron chi connectivity index (χ1n) is 8.87. The summed E-state index contributed by atoms with van der Waals surface area (Å²) in [4.78, 5) is 26.7. The van der Waals surface area contributed by atoms with Gasteiger partial charge in [-0.05, 0) is 17.7 Å². The van der Waals surface area contributed by atoms with Gasteiger partial charge in [0.05, 0.1) is 12.6 Å². The van der Waals surface area contributed by atoms with E-state index < -0.39 is 11.3 Å². The zero-order valence-corrected chi connectivity index (χ0v) is 17.2. The Kier molecular flexibility index (Phi) is 6.74. The molecule has 2 amide bonds. The van der Waals surface area contributed by atoms with Crippen LogP contribution in [0, 0.1) is 5.41 Å². The third kappa shape index (κ3) is 4.48. The lowest BCUT2D eigenvalue weighted by Crippen LogP contribution is -2.42. The van der Waals surface area contributed by atoms with E-state index in [-0.39, 0.29) is 32.1 Å². The van der Waals surface area contributed by atoms with Crippen molar-refractivity contribution in [2.45, 2.75) is 33.4 Å². The molecule has 3 rings (SSSR count). The molecule has 0 fully saturated rings. The lowest BCUT2D eigenvalue weighted by atomic mass is 9.92. The zero-order chi connectivity index (χ0) is 19.6. The van der Waals surface area contributed by atoms with Gasteiger partial charge in [0.2, 0.25) is 5.91 Å². The second kappa shape index (κ2) is 8.67. The molecule has 0 saturated heterocycles. The number of hydrogen-bond acceptors (Lipinski definition) is 4. The molecule has 6 nitrogen and oxygen atoms in total. The molecule has 7 heteroatoms. The number of amides is 2. The van der Waals surface area contributed by atoms with Gasteiger partial charge in [-0.3, -0.25) is 14.8 Å². The van der Waals surface area contributed by atoms with Crippen LogP contribution in [0.5, 0.6) is 5.75 Å². The van der Waals surface area contributed by atoms with E-state index in [4.69, 9.17) is 9.94 Å². The van der Waals surface area contributed by atoms with E-state index in [9.17, 15) is 9.59 Å². The van der Waals surface area contributed by atoms with Crippen LogP contribution < -0.4 is 10.2 Å². The molecular weight excluding hydrogens is 376 g/mol. The maximum Gasteiger partial charge on any atom is 0.274 e. The van der Waals surface area contributed by atoms with Crippen LogP contribution in [0.3, 0.4) is 0 Å². The van der Waals surface area contributed by atoms with Gasteiger partial charge in [-0.15, -0.1) is 0 Å². The van der Waals surface area contributed by atoms with Gasteiger partial charge in [0.1, 0.15) is 12.4 Å². The minimum Gasteiger partial charge on any atom is -0.491 e. The number of rotatable bonds is 2. The van der Waals surface area contributed by atoms with Crippen molar-refractivity contribution in [2.24, 2.45) is 5.41 Å². The fraction of sp³-hybridized carbons (Fsp3) is 0.333. The average Bonchev–Trinajstić information content (AvgIpc) is 2.85. The van der Waals surface area contributed by atoms with E-state index in [2.05, 4.69) is 0 Å². The standard InChI is InChI=1S/C21H24N2O4.H2S/c1-21(2,3)20(25)23-12-16-10-9-15(19(24)22-26)11-18(16)27-13-17(23)14-7-5-4-6-8-14;/h4-11,17,26H,12-13H2,1-3H3,(H,22,24);1H2/t17-;/m1./s1. The highest BCUT2D eigenvalue weighted by molar-refractivity contribution is 7.59. The van der Waals surface area contributed by atoms with E-state index in [1.165, 1.54) is 0 Å². The molecule has 150 valence electrons. The lowest BCUT2D eigenvalue weighted by Gasteiger charge is -2.34. The summed E-state index contributed by atoms with van der Waals surface area (Å²) in [7, 11) is 0. The second-order valence-electron chi connectivity index (χ2n) is 7.68. The summed E-state index contributed by atoms with van der Waals surface area (Å²) in [6.07, 6.45) is 0. The molecule has 0 spiro atoms. The van der Waals surface area contributed by atoms with Crippen molar-refractivity contribution >= 4 is 25.3 Å². The molecule has 2 N–H and O–H groups in total.